The van der Waals surface area contributed by atoms with Crippen LogP contribution >= 0.6 is 0 Å². The van der Waals surface area contributed by atoms with Gasteiger partial charge in [-0.15, -0.1) is 5.73 Å². The van der Waals surface area contributed by atoms with Crippen molar-refractivity contribution in [2.24, 2.45) is 5.41 Å². The summed E-state index contributed by atoms with van der Waals surface area (Å²) in [4.78, 5) is 0. The van der Waals surface area contributed by atoms with E-state index in [0.717, 1.165) is 0 Å². The van der Waals surface area contributed by atoms with Crippen molar-refractivity contribution in [2.75, 3.05) is 0 Å². The highest BCUT2D eigenvalue weighted by atomic mass is 14.1. The molecule has 0 aromatic heterocycles. The van der Waals surface area contributed by atoms with Gasteiger partial charge in [0.2, 0.25) is 0 Å². The first-order valence-electron chi connectivity index (χ1n) is 4.90. The highest BCUT2D eigenvalue weighted by Gasteiger charge is 2.10. The zero-order valence-corrected chi connectivity index (χ0v) is 9.20. The van der Waals surface area contributed by atoms with Crippen molar-refractivity contribution in [2.45, 2.75) is 53.9 Å². The fourth-order valence-electron chi connectivity index (χ4n) is 0.748. The van der Waals surface area contributed by atoms with Crippen molar-refractivity contribution in [1.82, 2.24) is 0 Å². The molecule has 0 heteroatoms. The first kappa shape index (κ1) is 11.5. The molecule has 0 heterocycles. The van der Waals surface area contributed by atoms with Gasteiger partial charge < -0.3 is 0 Å². The van der Waals surface area contributed by atoms with E-state index in [1.54, 1.807) is 0 Å². The second kappa shape index (κ2) is 5.22. The van der Waals surface area contributed by atoms with Crippen molar-refractivity contribution in [1.29, 1.82) is 0 Å². The molecule has 0 aromatic rings. The van der Waals surface area contributed by atoms with Crippen molar-refractivity contribution < 1.29 is 0 Å². The highest BCUT2D eigenvalue weighted by molar-refractivity contribution is 5.06. The highest BCUT2D eigenvalue weighted by Crippen LogP contribution is 2.22. The maximum Gasteiger partial charge on any atom is -0.0100 e. The lowest BCUT2D eigenvalue weighted by Crippen LogP contribution is -2.04. The Bertz CT molecular complexity index is 173. The Morgan fingerprint density at radius 3 is 2.33 bits per heavy atom. The third-order valence-corrected chi connectivity index (χ3v) is 2.15. The quantitative estimate of drug-likeness (QED) is 0.432. The Labute approximate surface area is 77.4 Å². The molecular weight excluding hydrogens is 144 g/mol. The Hall–Kier alpha value is -0.480. The van der Waals surface area contributed by atoms with Crippen molar-refractivity contribution in [3.8, 4) is 0 Å². The van der Waals surface area contributed by atoms with Crippen LogP contribution in [-0.2, 0) is 0 Å². The zero-order valence-electron chi connectivity index (χ0n) is 9.20. The molecule has 70 valence electrons. The van der Waals surface area contributed by atoms with Gasteiger partial charge in [0.1, 0.15) is 0 Å². The van der Waals surface area contributed by atoms with E-state index in [1.807, 2.05) is 0 Å². The summed E-state index contributed by atoms with van der Waals surface area (Å²) in [7, 11) is 0. The molecule has 0 atom stereocenters. The summed E-state index contributed by atoms with van der Waals surface area (Å²) < 4.78 is 0. The molecule has 0 fully saturated rings. The molecule has 0 bridgehead atoms. The normalized spacial score (nSPS) is 10.8. The molecule has 0 rings (SSSR count). The summed E-state index contributed by atoms with van der Waals surface area (Å²) in [5, 5.41) is 0. The Balaban J connectivity index is 4.07. The fraction of sp³-hybridized carbons (Fsp3) is 0.750. The number of hydrogen-bond donors (Lipinski definition) is 0. The third kappa shape index (κ3) is 5.21. The van der Waals surface area contributed by atoms with E-state index < -0.39 is 0 Å². The lowest BCUT2D eigenvalue weighted by Gasteiger charge is -2.16. The number of rotatable bonds is 3. The Kier molecular flexibility index (Phi) is 5.01. The molecule has 0 saturated heterocycles. The van der Waals surface area contributed by atoms with Crippen LogP contribution in [0.25, 0.3) is 0 Å². The number of hydrogen-bond acceptors (Lipinski definition) is 0. The van der Waals surface area contributed by atoms with Crippen molar-refractivity contribution in [3.63, 3.8) is 0 Å². The topological polar surface area (TPSA) is 0 Å². The second-order valence-corrected chi connectivity index (χ2v) is 4.37. The molecular formula is C12H22. The molecule has 0 saturated carbocycles. The molecule has 0 unspecified atom stereocenters. The van der Waals surface area contributed by atoms with E-state index in [1.165, 1.54) is 24.8 Å². The van der Waals surface area contributed by atoms with Crippen LogP contribution in [-0.4, -0.2) is 0 Å². The van der Waals surface area contributed by atoms with Crippen LogP contribution < -0.4 is 0 Å². The first-order chi connectivity index (χ1) is 5.48. The van der Waals surface area contributed by atoms with Gasteiger partial charge in [0, 0.05) is 0 Å². The largest absolute Gasteiger partial charge is 0.126 e. The molecule has 0 aromatic carbocycles. The van der Waals surface area contributed by atoms with E-state index in [0.29, 0.717) is 0 Å². The Morgan fingerprint density at radius 2 is 1.92 bits per heavy atom. The van der Waals surface area contributed by atoms with E-state index in [9.17, 15) is 0 Å². The SMILES string of the molecule is CCCCC=C=C(C)C(C)(C)C. The summed E-state index contributed by atoms with van der Waals surface area (Å²) in [5.41, 5.74) is 4.98. The number of allylic oxidation sites excluding steroid dienone is 1. The first-order valence-corrected chi connectivity index (χ1v) is 4.90. The second-order valence-electron chi connectivity index (χ2n) is 4.37. The minimum Gasteiger partial charge on any atom is -0.126 e. The van der Waals surface area contributed by atoms with E-state index >= 15 is 0 Å². The average Bonchev–Trinajstić information content (AvgIpc) is 1.96. The van der Waals surface area contributed by atoms with Crippen LogP contribution in [0.1, 0.15) is 53.9 Å². The minimum absolute atomic E-state index is 0.280. The average molecular weight is 166 g/mol. The standard InChI is InChI=1S/C12H22/c1-6-7-8-9-10-11(2)12(3,4)5/h9H,6-8H2,1-5H3. The molecule has 0 amide bonds. The van der Waals surface area contributed by atoms with Crippen molar-refractivity contribution in [3.05, 3.63) is 17.4 Å². The molecule has 0 aliphatic carbocycles. The van der Waals surface area contributed by atoms with Gasteiger partial charge >= 0.3 is 0 Å². The van der Waals surface area contributed by atoms with Crippen LogP contribution in [0.2, 0.25) is 0 Å². The predicted octanol–water partition coefficient (Wildman–Crippen LogP) is 4.32. The molecule has 0 spiro atoms. The summed E-state index contributed by atoms with van der Waals surface area (Å²) in [6.45, 7) is 11.0. The fourth-order valence-corrected chi connectivity index (χ4v) is 0.748. The van der Waals surface area contributed by atoms with Gasteiger partial charge in [0.25, 0.3) is 0 Å². The monoisotopic (exact) mass is 166 g/mol. The van der Waals surface area contributed by atoms with Crippen LogP contribution in [0, 0.1) is 5.41 Å². The van der Waals surface area contributed by atoms with Gasteiger partial charge in [0.15, 0.2) is 0 Å². The summed E-state index contributed by atoms with van der Waals surface area (Å²) >= 11 is 0. The predicted molar refractivity (Wildman–Crippen MR) is 56.3 cm³/mol. The Morgan fingerprint density at radius 1 is 1.33 bits per heavy atom. The molecule has 12 heavy (non-hydrogen) atoms. The minimum atomic E-state index is 0.280. The van der Waals surface area contributed by atoms with Gasteiger partial charge in [-0.05, 0) is 36.8 Å². The van der Waals surface area contributed by atoms with Gasteiger partial charge in [-0.25, -0.2) is 0 Å². The van der Waals surface area contributed by atoms with Gasteiger partial charge in [0.05, 0.1) is 0 Å². The lowest BCUT2D eigenvalue weighted by atomic mass is 9.88. The molecule has 0 nitrogen and oxygen atoms in total. The summed E-state index contributed by atoms with van der Waals surface area (Å²) in [5.74, 6) is 0. The molecule has 0 aliphatic heterocycles. The lowest BCUT2D eigenvalue weighted by molar-refractivity contribution is 0.505. The number of unbranched alkanes of at least 4 members (excludes halogenated alkanes) is 2. The summed E-state index contributed by atoms with van der Waals surface area (Å²) in [6, 6.07) is 0. The van der Waals surface area contributed by atoms with Gasteiger partial charge in [-0.2, -0.15) is 0 Å². The van der Waals surface area contributed by atoms with Crippen LogP contribution in [0.5, 0.6) is 0 Å². The van der Waals surface area contributed by atoms with Crippen LogP contribution in [0.15, 0.2) is 17.4 Å². The van der Waals surface area contributed by atoms with Crippen LogP contribution in [0.3, 0.4) is 0 Å². The smallest absolute Gasteiger partial charge is 0.0100 e. The van der Waals surface area contributed by atoms with Crippen LogP contribution in [0.4, 0.5) is 0 Å². The maximum atomic E-state index is 3.35. The van der Waals surface area contributed by atoms with E-state index in [2.05, 4.69) is 46.4 Å². The summed E-state index contributed by atoms with van der Waals surface area (Å²) in [6.07, 6.45) is 5.89. The van der Waals surface area contributed by atoms with E-state index in [4.69, 9.17) is 0 Å². The maximum absolute atomic E-state index is 3.35. The third-order valence-electron chi connectivity index (χ3n) is 2.15. The van der Waals surface area contributed by atoms with E-state index in [-0.39, 0.29) is 5.41 Å². The van der Waals surface area contributed by atoms with Gasteiger partial charge in [-0.1, -0.05) is 34.1 Å². The zero-order chi connectivity index (χ0) is 9.61. The molecule has 0 aliphatic rings. The van der Waals surface area contributed by atoms with Crippen molar-refractivity contribution >= 4 is 0 Å². The molecule has 0 N–H and O–H groups in total. The van der Waals surface area contributed by atoms with Gasteiger partial charge in [-0.3, -0.25) is 0 Å². The molecule has 0 radical (unpaired) electrons.